The summed E-state index contributed by atoms with van der Waals surface area (Å²) in [6.07, 6.45) is -1.48. The largest absolute Gasteiger partial charge is 0.416 e. The van der Waals surface area contributed by atoms with Gasteiger partial charge in [-0.15, -0.1) is 0 Å². The summed E-state index contributed by atoms with van der Waals surface area (Å²) >= 11 is 0. The van der Waals surface area contributed by atoms with Gasteiger partial charge in [0.25, 0.3) is 5.91 Å². The Morgan fingerprint density at radius 1 is 0.947 bits per heavy atom. The molecule has 2 fully saturated rings. The first-order valence-corrected chi connectivity index (χ1v) is 12.6. The van der Waals surface area contributed by atoms with Crippen molar-refractivity contribution in [3.8, 4) is 0 Å². The lowest BCUT2D eigenvalue weighted by Crippen LogP contribution is -2.56. The van der Waals surface area contributed by atoms with Crippen LogP contribution in [0.2, 0.25) is 0 Å². The van der Waals surface area contributed by atoms with Crippen molar-refractivity contribution in [3.63, 3.8) is 0 Å². The van der Waals surface area contributed by atoms with Crippen molar-refractivity contribution >= 4 is 17.7 Å². The van der Waals surface area contributed by atoms with E-state index in [9.17, 15) is 31.9 Å². The third kappa shape index (κ3) is 6.15. The van der Waals surface area contributed by atoms with Crippen LogP contribution in [0.15, 0.2) is 48.5 Å². The molecule has 3 amide bonds. The van der Waals surface area contributed by atoms with E-state index < -0.39 is 41.0 Å². The van der Waals surface area contributed by atoms with Crippen LogP contribution >= 0.6 is 0 Å². The lowest BCUT2D eigenvalue weighted by atomic mass is 9.82. The first kappa shape index (κ1) is 27.6. The smallest absolute Gasteiger partial charge is 0.368 e. The molecule has 0 aromatic heterocycles. The average molecular weight is 535 g/mol. The summed E-state index contributed by atoms with van der Waals surface area (Å²) < 4.78 is 52.9. The Morgan fingerprint density at radius 2 is 1.61 bits per heavy atom. The summed E-state index contributed by atoms with van der Waals surface area (Å²) in [7, 11) is 0. The van der Waals surface area contributed by atoms with E-state index in [1.54, 1.807) is 30.3 Å². The van der Waals surface area contributed by atoms with Crippen molar-refractivity contribution in [3.05, 3.63) is 71.0 Å². The van der Waals surface area contributed by atoms with Crippen LogP contribution in [0, 0.1) is 11.7 Å². The van der Waals surface area contributed by atoms with E-state index >= 15 is 0 Å². The number of halogens is 4. The highest BCUT2D eigenvalue weighted by Crippen LogP contribution is 2.32. The number of piperazine rings is 1. The molecular weight excluding hydrogens is 504 g/mol. The molecule has 11 heteroatoms. The molecule has 2 aliphatic rings. The highest BCUT2D eigenvalue weighted by atomic mass is 19.4. The summed E-state index contributed by atoms with van der Waals surface area (Å²) in [5, 5.41) is 2.81. The van der Waals surface area contributed by atoms with Crippen molar-refractivity contribution in [1.82, 2.24) is 15.1 Å². The van der Waals surface area contributed by atoms with E-state index in [1.165, 1.54) is 4.90 Å². The number of rotatable bonds is 6. The fourth-order valence-electron chi connectivity index (χ4n) is 5.36. The van der Waals surface area contributed by atoms with Crippen molar-refractivity contribution in [1.29, 1.82) is 0 Å². The van der Waals surface area contributed by atoms with Gasteiger partial charge in [0.2, 0.25) is 11.8 Å². The zero-order chi connectivity index (χ0) is 27.4. The minimum Gasteiger partial charge on any atom is -0.368 e. The number of nitrogens with zero attached hydrogens (tertiary/aromatic N) is 2. The maximum Gasteiger partial charge on any atom is 0.416 e. The molecule has 1 heterocycles. The molecule has 4 rings (SSSR count). The summed E-state index contributed by atoms with van der Waals surface area (Å²) in [6, 6.07) is 9.64. The predicted molar refractivity (Wildman–Crippen MR) is 131 cm³/mol. The molecule has 0 radical (unpaired) electrons. The second-order valence-corrected chi connectivity index (χ2v) is 9.73. The fraction of sp³-hybridized carbons (Fsp3) is 0.444. The lowest BCUT2D eigenvalue weighted by molar-refractivity contribution is -0.137. The van der Waals surface area contributed by atoms with Gasteiger partial charge in [-0.3, -0.25) is 19.3 Å². The molecule has 38 heavy (non-hydrogen) atoms. The number of benzene rings is 2. The SMILES string of the molecule is NC(=O)[C@@H](NC(=O)[C@@H]1CCCC[C@H]1N1CCN(C(=O)c2ccc(C(F)(F)F)cc2F)CC1)c1ccccc1. The van der Waals surface area contributed by atoms with Gasteiger partial charge in [-0.25, -0.2) is 4.39 Å². The third-order valence-electron chi connectivity index (χ3n) is 7.37. The molecule has 3 atom stereocenters. The molecule has 1 aliphatic heterocycles. The van der Waals surface area contributed by atoms with Crippen molar-refractivity contribution in [2.75, 3.05) is 26.2 Å². The Balaban J connectivity index is 1.40. The maximum absolute atomic E-state index is 14.3. The van der Waals surface area contributed by atoms with Gasteiger partial charge in [0.15, 0.2) is 0 Å². The molecule has 0 spiro atoms. The quantitative estimate of drug-likeness (QED) is 0.555. The monoisotopic (exact) mass is 534 g/mol. The van der Waals surface area contributed by atoms with Gasteiger partial charge in [0, 0.05) is 32.2 Å². The van der Waals surface area contributed by atoms with Gasteiger partial charge in [-0.2, -0.15) is 13.2 Å². The van der Waals surface area contributed by atoms with Gasteiger partial charge in [-0.1, -0.05) is 43.2 Å². The van der Waals surface area contributed by atoms with Crippen LogP contribution in [-0.4, -0.2) is 59.7 Å². The summed E-state index contributed by atoms with van der Waals surface area (Å²) in [6.45, 7) is 1.36. The van der Waals surface area contributed by atoms with Crippen LogP contribution < -0.4 is 11.1 Å². The Bertz CT molecular complexity index is 1170. The molecule has 1 saturated carbocycles. The van der Waals surface area contributed by atoms with Crippen molar-refractivity contribution in [2.45, 2.75) is 43.9 Å². The average Bonchev–Trinajstić information content (AvgIpc) is 2.91. The maximum atomic E-state index is 14.3. The van der Waals surface area contributed by atoms with E-state index in [2.05, 4.69) is 10.2 Å². The number of nitrogens with one attached hydrogen (secondary N) is 1. The second kappa shape index (κ2) is 11.5. The minimum atomic E-state index is -4.70. The number of nitrogens with two attached hydrogens (primary N) is 1. The number of alkyl halides is 3. The first-order valence-electron chi connectivity index (χ1n) is 12.6. The minimum absolute atomic E-state index is 0.104. The molecular formula is C27H30F4N4O3. The van der Waals surface area contributed by atoms with Crippen LogP contribution in [0.25, 0.3) is 0 Å². The van der Waals surface area contributed by atoms with E-state index in [1.807, 2.05) is 0 Å². The number of amides is 3. The van der Waals surface area contributed by atoms with Crippen molar-refractivity contribution < 1.29 is 31.9 Å². The molecule has 1 aliphatic carbocycles. The standard InChI is InChI=1S/C27H30F4N4O3/c28-21-16-18(27(29,30)31)10-11-19(21)26(38)35-14-12-34(13-15-35)22-9-5-4-8-20(22)25(37)33-23(24(32)36)17-6-2-1-3-7-17/h1-3,6-7,10-11,16,20,22-23H,4-5,8-9,12-15H2,(H2,32,36)(H,33,37)/t20-,22-,23+/m1/s1. The fourth-order valence-corrected chi connectivity index (χ4v) is 5.36. The Labute approximate surface area is 218 Å². The molecule has 2 aromatic rings. The Morgan fingerprint density at radius 3 is 2.21 bits per heavy atom. The van der Waals surface area contributed by atoms with Crippen LogP contribution in [-0.2, 0) is 15.8 Å². The number of carbonyl (C=O) groups is 3. The van der Waals surface area contributed by atoms with Gasteiger partial charge in [0.05, 0.1) is 17.0 Å². The van der Waals surface area contributed by atoms with Crippen LogP contribution in [0.1, 0.15) is 53.2 Å². The number of primary amides is 1. The lowest BCUT2D eigenvalue weighted by Gasteiger charge is -2.44. The Hall–Kier alpha value is -3.47. The molecule has 2 aromatic carbocycles. The normalized spacial score (nSPS) is 21.5. The summed E-state index contributed by atoms with van der Waals surface area (Å²) in [5.41, 5.74) is 4.62. The summed E-state index contributed by atoms with van der Waals surface area (Å²) in [5.74, 6) is -3.16. The molecule has 0 unspecified atom stereocenters. The first-order chi connectivity index (χ1) is 18.1. The third-order valence-corrected chi connectivity index (χ3v) is 7.37. The highest BCUT2D eigenvalue weighted by molar-refractivity contribution is 5.94. The topological polar surface area (TPSA) is 95.7 Å². The van der Waals surface area contributed by atoms with Gasteiger partial charge < -0.3 is 16.0 Å². The van der Waals surface area contributed by atoms with Gasteiger partial charge in [0.1, 0.15) is 11.9 Å². The molecule has 0 bridgehead atoms. The van der Waals surface area contributed by atoms with Gasteiger partial charge in [-0.05, 0) is 36.6 Å². The van der Waals surface area contributed by atoms with E-state index in [0.717, 1.165) is 25.3 Å². The Kier molecular flexibility index (Phi) is 8.35. The van der Waals surface area contributed by atoms with Crippen LogP contribution in [0.3, 0.4) is 0 Å². The number of hydrogen-bond acceptors (Lipinski definition) is 4. The zero-order valence-electron chi connectivity index (χ0n) is 20.7. The molecule has 7 nitrogen and oxygen atoms in total. The van der Waals surface area contributed by atoms with E-state index in [0.29, 0.717) is 37.2 Å². The van der Waals surface area contributed by atoms with E-state index in [-0.39, 0.29) is 31.0 Å². The van der Waals surface area contributed by atoms with Crippen molar-refractivity contribution in [2.24, 2.45) is 11.7 Å². The van der Waals surface area contributed by atoms with Crippen LogP contribution in [0.4, 0.5) is 17.6 Å². The number of carbonyl (C=O) groups excluding carboxylic acids is 3. The second-order valence-electron chi connectivity index (χ2n) is 9.73. The zero-order valence-corrected chi connectivity index (χ0v) is 20.7. The molecule has 3 N–H and O–H groups in total. The molecule has 204 valence electrons. The number of hydrogen-bond donors (Lipinski definition) is 2. The summed E-state index contributed by atoms with van der Waals surface area (Å²) in [4.78, 5) is 41.8. The highest BCUT2D eigenvalue weighted by Gasteiger charge is 2.38. The van der Waals surface area contributed by atoms with Crippen LogP contribution in [0.5, 0.6) is 0 Å². The molecule has 1 saturated heterocycles. The van der Waals surface area contributed by atoms with Gasteiger partial charge >= 0.3 is 6.18 Å². The van der Waals surface area contributed by atoms with E-state index in [4.69, 9.17) is 5.73 Å². The predicted octanol–water partition coefficient (Wildman–Crippen LogP) is 3.50.